The van der Waals surface area contributed by atoms with Crippen LogP contribution in [0.4, 0.5) is 16.2 Å². The molecule has 1 aromatic carbocycles. The second-order valence-corrected chi connectivity index (χ2v) is 4.79. The Morgan fingerprint density at radius 2 is 2.19 bits per heavy atom. The van der Waals surface area contributed by atoms with Crippen LogP contribution in [0.15, 0.2) is 18.2 Å². The molecule has 21 heavy (non-hydrogen) atoms. The van der Waals surface area contributed by atoms with Gasteiger partial charge in [-0.3, -0.25) is 10.1 Å². The number of nitrogens with one attached hydrogen (secondary N) is 1. The Balaban J connectivity index is 2.06. The van der Waals surface area contributed by atoms with Gasteiger partial charge in [-0.1, -0.05) is 0 Å². The van der Waals surface area contributed by atoms with Crippen molar-refractivity contribution in [2.75, 3.05) is 25.1 Å². The van der Waals surface area contributed by atoms with Gasteiger partial charge >= 0.3 is 6.09 Å². The summed E-state index contributed by atoms with van der Waals surface area (Å²) in [7, 11) is 0. The predicted octanol–water partition coefficient (Wildman–Crippen LogP) is 1.89. The van der Waals surface area contributed by atoms with E-state index < -0.39 is 11.0 Å². The van der Waals surface area contributed by atoms with Gasteiger partial charge in [0.15, 0.2) is 0 Å². The topological polar surface area (TPSA) is 117 Å². The van der Waals surface area contributed by atoms with Gasteiger partial charge in [0.1, 0.15) is 11.4 Å². The average Bonchev–Trinajstić information content (AvgIpc) is 2.46. The number of nitrogens with two attached hydrogens (primary N) is 1. The number of anilines is 1. The first-order valence-corrected chi connectivity index (χ1v) is 6.63. The zero-order chi connectivity index (χ0) is 15.2. The molecular weight excluding hydrogens is 278 g/mol. The van der Waals surface area contributed by atoms with Gasteiger partial charge in [0.25, 0.3) is 5.69 Å². The van der Waals surface area contributed by atoms with Crippen LogP contribution < -0.4 is 15.8 Å². The van der Waals surface area contributed by atoms with Crippen LogP contribution in [0, 0.1) is 16.0 Å². The van der Waals surface area contributed by atoms with E-state index >= 15 is 0 Å². The third-order valence-corrected chi connectivity index (χ3v) is 3.31. The molecule has 8 heteroatoms. The number of ether oxygens (including phenoxy) is 2. The zero-order valence-electron chi connectivity index (χ0n) is 11.4. The Kier molecular flexibility index (Phi) is 4.94. The van der Waals surface area contributed by atoms with Crippen LogP contribution >= 0.6 is 0 Å². The van der Waals surface area contributed by atoms with Crippen molar-refractivity contribution >= 4 is 17.5 Å². The van der Waals surface area contributed by atoms with E-state index in [2.05, 4.69) is 10.1 Å². The van der Waals surface area contributed by atoms with E-state index in [0.29, 0.717) is 18.2 Å². The molecule has 0 unspecified atom stereocenters. The number of benzene rings is 1. The predicted molar refractivity (Wildman–Crippen MR) is 75.3 cm³/mol. The summed E-state index contributed by atoms with van der Waals surface area (Å²) in [6.07, 6.45) is 0.861. The fraction of sp³-hybridized carbons (Fsp3) is 0.462. The molecule has 114 valence electrons. The van der Waals surface area contributed by atoms with Crippen molar-refractivity contribution in [2.45, 2.75) is 12.8 Å². The summed E-state index contributed by atoms with van der Waals surface area (Å²) in [5.74, 6) is 0.478. The SMILES string of the molecule is NC(=O)Oc1ccc(NCC2CCOCC2)c([N+](=O)[O-])c1. The van der Waals surface area contributed by atoms with Crippen molar-refractivity contribution in [2.24, 2.45) is 11.7 Å². The third-order valence-electron chi connectivity index (χ3n) is 3.31. The van der Waals surface area contributed by atoms with E-state index in [-0.39, 0.29) is 11.4 Å². The molecule has 0 saturated carbocycles. The number of carbonyl (C=O) groups excluding carboxylic acids is 1. The van der Waals surface area contributed by atoms with Gasteiger partial charge in [-0.25, -0.2) is 4.79 Å². The highest BCUT2D eigenvalue weighted by Gasteiger charge is 2.18. The first-order chi connectivity index (χ1) is 10.1. The maximum absolute atomic E-state index is 11.1. The molecule has 1 heterocycles. The lowest BCUT2D eigenvalue weighted by Crippen LogP contribution is -2.23. The van der Waals surface area contributed by atoms with E-state index in [1.807, 2.05) is 0 Å². The monoisotopic (exact) mass is 295 g/mol. The van der Waals surface area contributed by atoms with Gasteiger partial charge in [0.05, 0.1) is 11.0 Å². The van der Waals surface area contributed by atoms with E-state index in [1.54, 1.807) is 0 Å². The number of hydrogen-bond donors (Lipinski definition) is 2. The smallest absolute Gasteiger partial charge is 0.409 e. The van der Waals surface area contributed by atoms with Crippen molar-refractivity contribution in [1.82, 2.24) is 0 Å². The molecule has 1 amide bonds. The molecule has 0 bridgehead atoms. The number of nitro groups is 1. The molecular formula is C13H17N3O5. The summed E-state index contributed by atoms with van der Waals surface area (Å²) in [5, 5.41) is 14.2. The Hall–Kier alpha value is -2.35. The van der Waals surface area contributed by atoms with Crippen LogP contribution in [0.3, 0.4) is 0 Å². The van der Waals surface area contributed by atoms with Gasteiger partial charge in [-0.15, -0.1) is 0 Å². The van der Waals surface area contributed by atoms with Gasteiger partial charge in [0.2, 0.25) is 0 Å². The molecule has 8 nitrogen and oxygen atoms in total. The molecule has 2 rings (SSSR count). The number of rotatable bonds is 5. The lowest BCUT2D eigenvalue weighted by Gasteiger charge is -2.22. The number of nitrogens with zero attached hydrogens (tertiary/aromatic N) is 1. The first kappa shape index (κ1) is 15.0. The third kappa shape index (κ3) is 4.32. The maximum Gasteiger partial charge on any atom is 0.409 e. The summed E-state index contributed by atoms with van der Waals surface area (Å²) in [6.45, 7) is 2.08. The van der Waals surface area contributed by atoms with Gasteiger partial charge in [0, 0.05) is 19.8 Å². The molecule has 0 aliphatic carbocycles. The molecule has 1 aliphatic rings. The molecule has 0 spiro atoms. The van der Waals surface area contributed by atoms with Crippen LogP contribution in [-0.2, 0) is 4.74 Å². The van der Waals surface area contributed by atoms with E-state index in [1.165, 1.54) is 18.2 Å². The van der Waals surface area contributed by atoms with Crippen LogP contribution in [0.5, 0.6) is 5.75 Å². The maximum atomic E-state index is 11.1. The van der Waals surface area contributed by atoms with E-state index in [0.717, 1.165) is 26.1 Å². The molecule has 3 N–H and O–H groups in total. The molecule has 0 aromatic heterocycles. The largest absolute Gasteiger partial charge is 0.410 e. The van der Waals surface area contributed by atoms with Gasteiger partial charge in [-0.2, -0.15) is 0 Å². The first-order valence-electron chi connectivity index (χ1n) is 6.63. The van der Waals surface area contributed by atoms with Gasteiger partial charge in [-0.05, 0) is 30.9 Å². The normalized spacial score (nSPS) is 15.4. The molecule has 0 radical (unpaired) electrons. The Labute approximate surface area is 121 Å². The van der Waals surface area contributed by atoms with E-state index in [9.17, 15) is 14.9 Å². The molecule has 1 fully saturated rings. The van der Waals surface area contributed by atoms with Crippen LogP contribution in [0.1, 0.15) is 12.8 Å². The molecule has 1 aliphatic heterocycles. The quantitative estimate of drug-likeness (QED) is 0.632. The summed E-state index contributed by atoms with van der Waals surface area (Å²) in [5.41, 5.74) is 5.13. The molecule has 1 saturated heterocycles. The van der Waals surface area contributed by atoms with Crippen molar-refractivity contribution < 1.29 is 19.2 Å². The zero-order valence-corrected chi connectivity index (χ0v) is 11.4. The minimum Gasteiger partial charge on any atom is -0.410 e. The van der Waals surface area contributed by atoms with Crippen molar-refractivity contribution in [1.29, 1.82) is 0 Å². The van der Waals surface area contributed by atoms with Crippen molar-refractivity contribution in [3.05, 3.63) is 28.3 Å². The number of hydrogen-bond acceptors (Lipinski definition) is 6. The van der Waals surface area contributed by atoms with Crippen LogP contribution in [0.25, 0.3) is 0 Å². The van der Waals surface area contributed by atoms with Crippen molar-refractivity contribution in [3.63, 3.8) is 0 Å². The average molecular weight is 295 g/mol. The lowest BCUT2D eigenvalue weighted by molar-refractivity contribution is -0.384. The van der Waals surface area contributed by atoms with Crippen molar-refractivity contribution in [3.8, 4) is 5.75 Å². The minimum atomic E-state index is -1.01. The van der Waals surface area contributed by atoms with E-state index in [4.69, 9.17) is 10.5 Å². The highest BCUT2D eigenvalue weighted by Crippen LogP contribution is 2.29. The minimum absolute atomic E-state index is 0.0471. The highest BCUT2D eigenvalue weighted by atomic mass is 16.6. The van der Waals surface area contributed by atoms with Crippen LogP contribution in [-0.4, -0.2) is 30.8 Å². The Morgan fingerprint density at radius 1 is 1.48 bits per heavy atom. The molecule has 1 aromatic rings. The Bertz CT molecular complexity index is 529. The summed E-state index contributed by atoms with van der Waals surface area (Å²) < 4.78 is 9.91. The Morgan fingerprint density at radius 3 is 2.81 bits per heavy atom. The summed E-state index contributed by atoms with van der Waals surface area (Å²) in [4.78, 5) is 21.2. The highest BCUT2D eigenvalue weighted by molar-refractivity contribution is 5.70. The standard InChI is InChI=1S/C13H17N3O5/c14-13(17)21-10-1-2-11(12(7-10)16(18)19)15-8-9-3-5-20-6-4-9/h1-2,7,9,15H,3-6,8H2,(H2,14,17). The number of amides is 1. The van der Waals surface area contributed by atoms with Crippen LogP contribution in [0.2, 0.25) is 0 Å². The molecule has 0 atom stereocenters. The fourth-order valence-electron chi connectivity index (χ4n) is 2.20. The van der Waals surface area contributed by atoms with Gasteiger partial charge < -0.3 is 20.5 Å². The summed E-state index contributed by atoms with van der Waals surface area (Å²) >= 11 is 0. The summed E-state index contributed by atoms with van der Waals surface area (Å²) in [6, 6.07) is 4.15. The number of carbonyl (C=O) groups is 1. The fourth-order valence-corrected chi connectivity index (χ4v) is 2.20. The number of primary amides is 1. The second kappa shape index (κ2) is 6.89. The second-order valence-electron chi connectivity index (χ2n) is 4.79. The lowest BCUT2D eigenvalue weighted by atomic mass is 10.0. The number of nitro benzene ring substituents is 1.